The van der Waals surface area contributed by atoms with Crippen LogP contribution >= 0.6 is 0 Å². The van der Waals surface area contributed by atoms with Gasteiger partial charge in [0.1, 0.15) is 6.33 Å². The van der Waals surface area contributed by atoms with Crippen LogP contribution in [0.25, 0.3) is 0 Å². The molecule has 0 fully saturated rings. The van der Waals surface area contributed by atoms with Gasteiger partial charge in [0.25, 0.3) is 0 Å². The first-order valence-corrected chi connectivity index (χ1v) is 9.09. The molecule has 1 heterocycles. The van der Waals surface area contributed by atoms with Gasteiger partial charge in [-0.05, 0) is 24.5 Å². The van der Waals surface area contributed by atoms with Crippen molar-refractivity contribution < 1.29 is 9.59 Å². The van der Waals surface area contributed by atoms with Gasteiger partial charge in [-0.25, -0.2) is 4.79 Å². The van der Waals surface area contributed by atoms with Crippen LogP contribution in [0.2, 0.25) is 0 Å². The van der Waals surface area contributed by atoms with Gasteiger partial charge in [-0.1, -0.05) is 25.1 Å². The maximum atomic E-state index is 12.6. The molecule has 0 aliphatic rings. The third-order valence-corrected chi connectivity index (χ3v) is 4.25. The van der Waals surface area contributed by atoms with Crippen LogP contribution in [0.5, 0.6) is 0 Å². The Balaban J connectivity index is 2.00. The molecule has 8 nitrogen and oxygen atoms in total. The molecule has 1 aromatic carbocycles. The highest BCUT2D eigenvalue weighted by Gasteiger charge is 2.15. The molecule has 1 N–H and O–H groups in total. The SMILES string of the molecule is CCCn1cnnc1CN(C)C(=O)Nc1ccccc1CCC(=O)N(C)C. The van der Waals surface area contributed by atoms with Gasteiger partial charge in [0.2, 0.25) is 5.91 Å². The minimum Gasteiger partial charge on any atom is -0.349 e. The minimum absolute atomic E-state index is 0.0588. The second-order valence-electron chi connectivity index (χ2n) is 6.67. The molecule has 8 heteroatoms. The van der Waals surface area contributed by atoms with E-state index in [1.807, 2.05) is 28.8 Å². The van der Waals surface area contributed by atoms with Gasteiger partial charge < -0.3 is 19.7 Å². The predicted molar refractivity (Wildman–Crippen MR) is 104 cm³/mol. The van der Waals surface area contributed by atoms with Crippen LogP contribution in [-0.2, 0) is 24.3 Å². The number of nitrogens with one attached hydrogen (secondary N) is 1. The van der Waals surface area contributed by atoms with E-state index in [9.17, 15) is 9.59 Å². The first-order chi connectivity index (χ1) is 12.9. The summed E-state index contributed by atoms with van der Waals surface area (Å²) in [6, 6.07) is 7.32. The lowest BCUT2D eigenvalue weighted by Crippen LogP contribution is -2.32. The highest BCUT2D eigenvalue weighted by molar-refractivity contribution is 5.90. The number of aromatic nitrogens is 3. The zero-order valence-electron chi connectivity index (χ0n) is 16.5. The average Bonchev–Trinajstić information content (AvgIpc) is 3.07. The molecular weight excluding hydrogens is 344 g/mol. The maximum absolute atomic E-state index is 12.6. The lowest BCUT2D eigenvalue weighted by Gasteiger charge is -2.19. The van der Waals surface area contributed by atoms with Gasteiger partial charge in [0, 0.05) is 39.8 Å². The second kappa shape index (κ2) is 9.70. The standard InChI is InChI=1S/C19H28N6O2/c1-5-12-25-14-20-22-17(25)13-24(4)19(27)21-16-9-7-6-8-15(16)10-11-18(26)23(2)3/h6-9,14H,5,10-13H2,1-4H3,(H,21,27). The van der Waals surface area contributed by atoms with Crippen molar-refractivity contribution in [2.45, 2.75) is 39.3 Å². The quantitative estimate of drug-likeness (QED) is 0.771. The van der Waals surface area contributed by atoms with Crippen LogP contribution in [0, 0.1) is 0 Å². The number of nitrogens with zero attached hydrogens (tertiary/aromatic N) is 5. The molecule has 0 saturated carbocycles. The number of hydrogen-bond acceptors (Lipinski definition) is 4. The zero-order valence-corrected chi connectivity index (χ0v) is 16.5. The van der Waals surface area contributed by atoms with Gasteiger partial charge in [0.15, 0.2) is 5.82 Å². The number of hydrogen-bond donors (Lipinski definition) is 1. The molecule has 0 radical (unpaired) electrons. The van der Waals surface area contributed by atoms with Gasteiger partial charge in [-0.15, -0.1) is 10.2 Å². The van der Waals surface area contributed by atoms with Gasteiger partial charge in [0.05, 0.1) is 6.54 Å². The molecule has 0 aliphatic carbocycles. The Morgan fingerprint density at radius 3 is 2.63 bits per heavy atom. The molecule has 3 amide bonds. The van der Waals surface area contributed by atoms with Gasteiger partial charge in [-0.2, -0.15) is 0 Å². The second-order valence-corrected chi connectivity index (χ2v) is 6.67. The van der Waals surface area contributed by atoms with E-state index in [2.05, 4.69) is 22.4 Å². The van der Waals surface area contributed by atoms with Crippen molar-refractivity contribution in [3.05, 3.63) is 42.0 Å². The van der Waals surface area contributed by atoms with Gasteiger partial charge >= 0.3 is 6.03 Å². The normalized spacial score (nSPS) is 10.5. The molecule has 2 aromatic rings. The van der Waals surface area contributed by atoms with Crippen LogP contribution in [0.15, 0.2) is 30.6 Å². The number of anilines is 1. The Bertz CT molecular complexity index is 771. The van der Waals surface area contributed by atoms with Crippen LogP contribution < -0.4 is 5.32 Å². The Hall–Kier alpha value is -2.90. The van der Waals surface area contributed by atoms with E-state index in [4.69, 9.17) is 0 Å². The van der Waals surface area contributed by atoms with Crippen molar-refractivity contribution in [3.8, 4) is 0 Å². The first kappa shape index (κ1) is 20.4. The van der Waals surface area contributed by atoms with Crippen molar-refractivity contribution >= 4 is 17.6 Å². The first-order valence-electron chi connectivity index (χ1n) is 9.09. The van der Waals surface area contributed by atoms with Crippen molar-refractivity contribution in [3.63, 3.8) is 0 Å². The van der Waals surface area contributed by atoms with E-state index >= 15 is 0 Å². The summed E-state index contributed by atoms with van der Waals surface area (Å²) in [4.78, 5) is 27.6. The molecule has 0 unspecified atom stereocenters. The molecule has 0 saturated heterocycles. The Labute approximate surface area is 160 Å². The number of amides is 3. The minimum atomic E-state index is -0.229. The fourth-order valence-electron chi connectivity index (χ4n) is 2.65. The summed E-state index contributed by atoms with van der Waals surface area (Å²) in [7, 11) is 5.20. The Morgan fingerprint density at radius 1 is 1.19 bits per heavy atom. The summed E-state index contributed by atoms with van der Waals surface area (Å²) in [5, 5.41) is 11.0. The monoisotopic (exact) mass is 372 g/mol. The maximum Gasteiger partial charge on any atom is 0.322 e. The van der Waals surface area contributed by atoms with Crippen LogP contribution in [-0.4, -0.2) is 57.6 Å². The van der Waals surface area contributed by atoms with E-state index in [1.165, 1.54) is 0 Å². The fourth-order valence-corrected chi connectivity index (χ4v) is 2.65. The molecule has 0 aliphatic heterocycles. The number of carbonyl (C=O) groups is 2. The molecule has 1 aromatic heterocycles. The fraction of sp³-hybridized carbons (Fsp3) is 0.474. The molecule has 27 heavy (non-hydrogen) atoms. The number of para-hydroxylation sites is 1. The van der Waals surface area contributed by atoms with Crippen LogP contribution in [0.3, 0.4) is 0 Å². The Morgan fingerprint density at radius 2 is 1.93 bits per heavy atom. The summed E-state index contributed by atoms with van der Waals surface area (Å²) in [6.07, 6.45) is 3.62. The van der Waals surface area contributed by atoms with E-state index in [-0.39, 0.29) is 11.9 Å². The summed E-state index contributed by atoms with van der Waals surface area (Å²) in [6.45, 7) is 3.27. The molecule has 2 rings (SSSR count). The molecule has 0 bridgehead atoms. The smallest absolute Gasteiger partial charge is 0.322 e. The largest absolute Gasteiger partial charge is 0.349 e. The average molecular weight is 372 g/mol. The highest BCUT2D eigenvalue weighted by atomic mass is 16.2. The lowest BCUT2D eigenvalue weighted by molar-refractivity contribution is -0.128. The molecule has 0 atom stereocenters. The third-order valence-electron chi connectivity index (χ3n) is 4.25. The third kappa shape index (κ3) is 5.80. The molecule has 146 valence electrons. The zero-order chi connectivity index (χ0) is 19.8. The van der Waals surface area contributed by atoms with Crippen molar-refractivity contribution in [1.29, 1.82) is 0 Å². The molecule has 0 spiro atoms. The van der Waals surface area contributed by atoms with Crippen molar-refractivity contribution in [1.82, 2.24) is 24.6 Å². The van der Waals surface area contributed by atoms with E-state index in [1.54, 1.807) is 37.3 Å². The number of aryl methyl sites for hydroxylation is 2. The van der Waals surface area contributed by atoms with Gasteiger partial charge in [-0.3, -0.25) is 4.79 Å². The highest BCUT2D eigenvalue weighted by Crippen LogP contribution is 2.18. The summed E-state index contributed by atoms with van der Waals surface area (Å²) < 4.78 is 1.95. The number of benzene rings is 1. The number of urea groups is 1. The van der Waals surface area contributed by atoms with Crippen molar-refractivity contribution in [2.75, 3.05) is 26.5 Å². The summed E-state index contributed by atoms with van der Waals surface area (Å²) in [5.74, 6) is 0.808. The van der Waals surface area contributed by atoms with E-state index < -0.39 is 0 Å². The van der Waals surface area contributed by atoms with Crippen LogP contribution in [0.1, 0.15) is 31.2 Å². The lowest BCUT2D eigenvalue weighted by atomic mass is 10.1. The topological polar surface area (TPSA) is 83.4 Å². The van der Waals surface area contributed by atoms with E-state index in [0.717, 1.165) is 30.0 Å². The van der Waals surface area contributed by atoms with Crippen LogP contribution in [0.4, 0.5) is 10.5 Å². The number of carbonyl (C=O) groups excluding carboxylic acids is 2. The summed E-state index contributed by atoms with van der Waals surface area (Å²) in [5.41, 5.74) is 1.65. The Kier molecular flexibility index (Phi) is 7.34. The van der Waals surface area contributed by atoms with Crippen molar-refractivity contribution in [2.24, 2.45) is 0 Å². The molecular formula is C19H28N6O2. The number of rotatable bonds is 8. The predicted octanol–water partition coefficient (Wildman–Crippen LogP) is 2.37. The summed E-state index contributed by atoms with van der Waals surface area (Å²) >= 11 is 0. The van der Waals surface area contributed by atoms with E-state index in [0.29, 0.717) is 19.4 Å².